The second kappa shape index (κ2) is 6.39. The summed E-state index contributed by atoms with van der Waals surface area (Å²) < 4.78 is 2.00. The Labute approximate surface area is 102 Å². The van der Waals surface area contributed by atoms with E-state index in [1.807, 2.05) is 25.3 Å². The summed E-state index contributed by atoms with van der Waals surface area (Å²) in [6.07, 6.45) is 4.16. The van der Waals surface area contributed by atoms with E-state index in [1.165, 1.54) is 0 Å². The fourth-order valence-corrected chi connectivity index (χ4v) is 1.75. The SMILES string of the molecule is CCn1cncc1CNC(CC(C)C)C(=O)O. The highest BCUT2D eigenvalue weighted by Crippen LogP contribution is 2.06. The van der Waals surface area contributed by atoms with Crippen molar-refractivity contribution in [3.63, 3.8) is 0 Å². The van der Waals surface area contributed by atoms with Gasteiger partial charge in [0.15, 0.2) is 0 Å². The van der Waals surface area contributed by atoms with Gasteiger partial charge in [-0.25, -0.2) is 4.98 Å². The number of carboxylic acids is 1. The smallest absolute Gasteiger partial charge is 0.320 e. The summed E-state index contributed by atoms with van der Waals surface area (Å²) in [6.45, 7) is 7.46. The first-order valence-corrected chi connectivity index (χ1v) is 5.99. The molecule has 1 unspecified atom stereocenters. The molecule has 0 amide bonds. The second-order valence-corrected chi connectivity index (χ2v) is 4.57. The van der Waals surface area contributed by atoms with E-state index in [0.717, 1.165) is 12.2 Å². The molecule has 0 aliphatic heterocycles. The van der Waals surface area contributed by atoms with Crippen LogP contribution in [0.25, 0.3) is 0 Å². The van der Waals surface area contributed by atoms with E-state index in [1.54, 1.807) is 12.5 Å². The second-order valence-electron chi connectivity index (χ2n) is 4.57. The van der Waals surface area contributed by atoms with E-state index < -0.39 is 12.0 Å². The Morgan fingerprint density at radius 2 is 2.29 bits per heavy atom. The molecular formula is C12H21N3O2. The molecule has 0 fully saturated rings. The summed E-state index contributed by atoms with van der Waals surface area (Å²) in [4.78, 5) is 15.1. The maximum Gasteiger partial charge on any atom is 0.320 e. The van der Waals surface area contributed by atoms with E-state index in [-0.39, 0.29) is 0 Å². The van der Waals surface area contributed by atoms with Crippen LogP contribution in [0.1, 0.15) is 32.9 Å². The molecular weight excluding hydrogens is 218 g/mol. The Bertz CT molecular complexity index is 360. The summed E-state index contributed by atoms with van der Waals surface area (Å²) in [7, 11) is 0. The minimum Gasteiger partial charge on any atom is -0.480 e. The lowest BCUT2D eigenvalue weighted by atomic mass is 10.0. The van der Waals surface area contributed by atoms with Crippen LogP contribution in [0.5, 0.6) is 0 Å². The molecule has 0 bridgehead atoms. The molecule has 0 aromatic carbocycles. The molecule has 1 rings (SSSR count). The highest BCUT2D eigenvalue weighted by Gasteiger charge is 2.18. The molecule has 0 radical (unpaired) electrons. The van der Waals surface area contributed by atoms with Gasteiger partial charge in [0.25, 0.3) is 0 Å². The summed E-state index contributed by atoms with van der Waals surface area (Å²) in [6, 6.07) is -0.491. The quantitative estimate of drug-likeness (QED) is 0.756. The zero-order valence-corrected chi connectivity index (χ0v) is 10.7. The number of carboxylic acid groups (broad SMARTS) is 1. The van der Waals surface area contributed by atoms with Gasteiger partial charge >= 0.3 is 5.97 Å². The zero-order chi connectivity index (χ0) is 12.8. The normalized spacial score (nSPS) is 12.9. The van der Waals surface area contributed by atoms with E-state index in [2.05, 4.69) is 10.3 Å². The molecule has 1 aromatic rings. The number of nitrogens with zero attached hydrogens (tertiary/aromatic N) is 2. The molecule has 1 aromatic heterocycles. The third-order valence-corrected chi connectivity index (χ3v) is 2.67. The van der Waals surface area contributed by atoms with Gasteiger partial charge in [0.1, 0.15) is 6.04 Å². The minimum atomic E-state index is -0.790. The monoisotopic (exact) mass is 239 g/mol. The van der Waals surface area contributed by atoms with Gasteiger partial charge in [-0.2, -0.15) is 0 Å². The molecule has 1 heterocycles. The average molecular weight is 239 g/mol. The predicted molar refractivity (Wildman–Crippen MR) is 65.6 cm³/mol. The van der Waals surface area contributed by atoms with Gasteiger partial charge in [0, 0.05) is 19.3 Å². The molecule has 0 aliphatic rings. The average Bonchev–Trinajstić information content (AvgIpc) is 2.70. The van der Waals surface area contributed by atoms with E-state index >= 15 is 0 Å². The summed E-state index contributed by atoms with van der Waals surface area (Å²) in [5.41, 5.74) is 1.02. The Hall–Kier alpha value is -1.36. The van der Waals surface area contributed by atoms with Crippen molar-refractivity contribution in [3.8, 4) is 0 Å². The fourth-order valence-electron chi connectivity index (χ4n) is 1.75. The molecule has 0 saturated heterocycles. The van der Waals surface area contributed by atoms with Crippen molar-refractivity contribution < 1.29 is 9.90 Å². The number of hydrogen-bond donors (Lipinski definition) is 2. The van der Waals surface area contributed by atoms with Crippen molar-refractivity contribution in [1.82, 2.24) is 14.9 Å². The molecule has 2 N–H and O–H groups in total. The molecule has 5 nitrogen and oxygen atoms in total. The molecule has 0 saturated carbocycles. The summed E-state index contributed by atoms with van der Waals surface area (Å²) in [5, 5.41) is 12.2. The Morgan fingerprint density at radius 1 is 1.59 bits per heavy atom. The number of aromatic nitrogens is 2. The third-order valence-electron chi connectivity index (χ3n) is 2.67. The topological polar surface area (TPSA) is 67.2 Å². The largest absolute Gasteiger partial charge is 0.480 e. The lowest BCUT2D eigenvalue weighted by Crippen LogP contribution is -2.37. The van der Waals surface area contributed by atoms with Gasteiger partial charge in [0.2, 0.25) is 0 Å². The summed E-state index contributed by atoms with van der Waals surface area (Å²) in [5.74, 6) is -0.430. The van der Waals surface area contributed by atoms with Crippen LogP contribution in [0.15, 0.2) is 12.5 Å². The van der Waals surface area contributed by atoms with Crippen molar-refractivity contribution in [2.45, 2.75) is 46.3 Å². The standard InChI is InChI=1S/C12H21N3O2/c1-4-15-8-13-6-10(15)7-14-11(12(16)17)5-9(2)3/h6,8-9,11,14H,4-5,7H2,1-3H3,(H,16,17). The number of aryl methyl sites for hydroxylation is 1. The fraction of sp³-hybridized carbons (Fsp3) is 0.667. The van der Waals surface area contributed by atoms with Crippen molar-refractivity contribution in [1.29, 1.82) is 0 Å². The molecule has 5 heteroatoms. The van der Waals surface area contributed by atoms with E-state index in [4.69, 9.17) is 5.11 Å². The maximum absolute atomic E-state index is 11.1. The van der Waals surface area contributed by atoms with Gasteiger partial charge in [-0.3, -0.25) is 10.1 Å². The van der Waals surface area contributed by atoms with E-state index in [9.17, 15) is 4.79 Å². The number of nitrogens with one attached hydrogen (secondary N) is 1. The molecule has 1 atom stereocenters. The van der Waals surface area contributed by atoms with Crippen LogP contribution in [-0.4, -0.2) is 26.7 Å². The van der Waals surface area contributed by atoms with Crippen molar-refractivity contribution in [2.24, 2.45) is 5.92 Å². The Morgan fingerprint density at radius 3 is 2.82 bits per heavy atom. The summed E-state index contributed by atoms with van der Waals surface area (Å²) >= 11 is 0. The number of hydrogen-bond acceptors (Lipinski definition) is 3. The van der Waals surface area contributed by atoms with Crippen LogP contribution in [0.4, 0.5) is 0 Å². The van der Waals surface area contributed by atoms with E-state index in [0.29, 0.717) is 18.9 Å². The Balaban J connectivity index is 2.54. The first kappa shape index (κ1) is 13.7. The van der Waals surface area contributed by atoms with Crippen LogP contribution < -0.4 is 5.32 Å². The first-order chi connectivity index (χ1) is 8.04. The van der Waals surface area contributed by atoms with Gasteiger partial charge in [-0.1, -0.05) is 13.8 Å². The van der Waals surface area contributed by atoms with Crippen molar-refractivity contribution >= 4 is 5.97 Å². The molecule has 96 valence electrons. The lowest BCUT2D eigenvalue weighted by Gasteiger charge is -2.16. The predicted octanol–water partition coefficient (Wildman–Crippen LogP) is 1.49. The highest BCUT2D eigenvalue weighted by atomic mass is 16.4. The lowest BCUT2D eigenvalue weighted by molar-refractivity contribution is -0.140. The van der Waals surface area contributed by atoms with Crippen LogP contribution >= 0.6 is 0 Å². The van der Waals surface area contributed by atoms with Gasteiger partial charge < -0.3 is 9.67 Å². The van der Waals surface area contributed by atoms with Crippen LogP contribution in [0.3, 0.4) is 0 Å². The zero-order valence-electron chi connectivity index (χ0n) is 10.7. The first-order valence-electron chi connectivity index (χ1n) is 5.99. The maximum atomic E-state index is 11.1. The van der Waals surface area contributed by atoms with Gasteiger partial charge in [0.05, 0.1) is 12.0 Å². The number of carbonyl (C=O) groups is 1. The number of rotatable bonds is 7. The molecule has 0 spiro atoms. The minimum absolute atomic E-state index is 0.361. The number of aliphatic carboxylic acids is 1. The Kier molecular flexibility index (Phi) is 5.15. The van der Waals surface area contributed by atoms with Gasteiger partial charge in [-0.05, 0) is 19.3 Å². The highest BCUT2D eigenvalue weighted by molar-refractivity contribution is 5.73. The van der Waals surface area contributed by atoms with Crippen LogP contribution in [0.2, 0.25) is 0 Å². The van der Waals surface area contributed by atoms with Crippen molar-refractivity contribution in [3.05, 3.63) is 18.2 Å². The van der Waals surface area contributed by atoms with Crippen LogP contribution in [-0.2, 0) is 17.9 Å². The molecule has 17 heavy (non-hydrogen) atoms. The molecule has 0 aliphatic carbocycles. The number of imidazole rings is 1. The van der Waals surface area contributed by atoms with Gasteiger partial charge in [-0.15, -0.1) is 0 Å². The third kappa shape index (κ3) is 4.19. The van der Waals surface area contributed by atoms with Crippen molar-refractivity contribution in [2.75, 3.05) is 0 Å². The van der Waals surface area contributed by atoms with Crippen LogP contribution in [0, 0.1) is 5.92 Å².